The number of halogens is 2. The molecule has 0 spiro atoms. The Kier molecular flexibility index (Phi) is 3.07. The van der Waals surface area contributed by atoms with Gasteiger partial charge in [0.15, 0.2) is 11.6 Å². The van der Waals surface area contributed by atoms with Crippen molar-refractivity contribution in [2.45, 2.75) is 6.04 Å². The van der Waals surface area contributed by atoms with Gasteiger partial charge < -0.3 is 15.9 Å². The van der Waals surface area contributed by atoms with E-state index in [0.717, 1.165) is 0 Å². The molecule has 14 heavy (non-hydrogen) atoms. The van der Waals surface area contributed by atoms with Crippen molar-refractivity contribution in [1.82, 2.24) is 0 Å². The fourth-order valence-electron chi connectivity index (χ4n) is 0.939. The van der Waals surface area contributed by atoms with Gasteiger partial charge in [0.2, 0.25) is 0 Å². The highest BCUT2D eigenvalue weighted by Gasteiger charge is 2.21. The topological polar surface area (TPSA) is 83.6 Å². The summed E-state index contributed by atoms with van der Waals surface area (Å²) in [5, 5.41) is 17.8. The Bertz CT molecular complexity index is 383. The van der Waals surface area contributed by atoms with Gasteiger partial charge in [-0.2, -0.15) is 0 Å². The molecule has 0 aliphatic rings. The van der Waals surface area contributed by atoms with Crippen LogP contribution in [-0.4, -0.2) is 16.2 Å². The molecule has 1 unspecified atom stereocenters. The quantitative estimate of drug-likeness (QED) is 0.753. The minimum atomic E-state index is -1.43. The molecule has 0 fully saturated rings. The highest BCUT2D eigenvalue weighted by Crippen LogP contribution is 2.30. The molecule has 0 aromatic heterocycles. The molecular formula is C8H7BrFNO3. The van der Waals surface area contributed by atoms with E-state index in [1.807, 2.05) is 0 Å². The number of aromatic hydroxyl groups is 1. The van der Waals surface area contributed by atoms with Gasteiger partial charge in [-0.25, -0.2) is 4.39 Å². The fourth-order valence-corrected chi connectivity index (χ4v) is 1.26. The molecule has 76 valence electrons. The molecule has 0 aliphatic carbocycles. The lowest BCUT2D eigenvalue weighted by Gasteiger charge is -2.09. The van der Waals surface area contributed by atoms with Gasteiger partial charge in [0.25, 0.3) is 0 Å². The smallest absolute Gasteiger partial charge is 0.325 e. The predicted octanol–water partition coefficient (Wildman–Crippen LogP) is 1.38. The third kappa shape index (κ3) is 1.85. The van der Waals surface area contributed by atoms with Crippen molar-refractivity contribution in [2.24, 2.45) is 5.73 Å². The van der Waals surface area contributed by atoms with Crippen LogP contribution in [0.1, 0.15) is 11.6 Å². The van der Waals surface area contributed by atoms with E-state index in [9.17, 15) is 14.3 Å². The van der Waals surface area contributed by atoms with Gasteiger partial charge in [-0.3, -0.25) is 4.79 Å². The van der Waals surface area contributed by atoms with Gasteiger partial charge in [-0.15, -0.1) is 0 Å². The number of hydrogen-bond donors (Lipinski definition) is 3. The van der Waals surface area contributed by atoms with Gasteiger partial charge in [0.05, 0.1) is 4.47 Å². The number of carboxylic acid groups (broad SMARTS) is 1. The number of aliphatic carboxylic acids is 1. The number of carboxylic acids is 1. The SMILES string of the molecule is NC(C(=O)O)c1ccc(Br)c(F)c1O. The molecule has 0 saturated carbocycles. The average molecular weight is 264 g/mol. The molecule has 4 N–H and O–H groups in total. The highest BCUT2D eigenvalue weighted by atomic mass is 79.9. The third-order valence-electron chi connectivity index (χ3n) is 1.70. The van der Waals surface area contributed by atoms with Crippen molar-refractivity contribution in [3.05, 3.63) is 28.0 Å². The number of benzene rings is 1. The lowest BCUT2D eigenvalue weighted by atomic mass is 10.1. The van der Waals surface area contributed by atoms with E-state index < -0.39 is 23.6 Å². The van der Waals surface area contributed by atoms with Gasteiger partial charge >= 0.3 is 5.97 Å². The van der Waals surface area contributed by atoms with Crippen molar-refractivity contribution < 1.29 is 19.4 Å². The lowest BCUT2D eigenvalue weighted by Crippen LogP contribution is -2.20. The van der Waals surface area contributed by atoms with E-state index in [4.69, 9.17) is 10.8 Å². The number of hydrogen-bond acceptors (Lipinski definition) is 3. The summed E-state index contributed by atoms with van der Waals surface area (Å²) in [4.78, 5) is 10.5. The molecule has 0 heterocycles. The van der Waals surface area contributed by atoms with E-state index in [0.29, 0.717) is 0 Å². The summed E-state index contributed by atoms with van der Waals surface area (Å²) >= 11 is 2.84. The zero-order valence-corrected chi connectivity index (χ0v) is 8.45. The van der Waals surface area contributed by atoms with Crippen molar-refractivity contribution in [3.8, 4) is 5.75 Å². The van der Waals surface area contributed by atoms with Crippen molar-refractivity contribution in [2.75, 3.05) is 0 Å². The number of rotatable bonds is 2. The highest BCUT2D eigenvalue weighted by molar-refractivity contribution is 9.10. The number of phenols is 1. The van der Waals surface area contributed by atoms with Crippen LogP contribution in [0.25, 0.3) is 0 Å². The number of nitrogens with two attached hydrogens (primary N) is 1. The average Bonchev–Trinajstić information content (AvgIpc) is 2.13. The lowest BCUT2D eigenvalue weighted by molar-refractivity contribution is -0.138. The summed E-state index contributed by atoms with van der Waals surface area (Å²) in [5.74, 6) is -2.99. The first-order chi connectivity index (χ1) is 6.45. The normalized spacial score (nSPS) is 12.5. The van der Waals surface area contributed by atoms with Crippen molar-refractivity contribution >= 4 is 21.9 Å². The summed E-state index contributed by atoms with van der Waals surface area (Å²) in [5.41, 5.74) is 5.06. The van der Waals surface area contributed by atoms with Crippen LogP contribution in [0.3, 0.4) is 0 Å². The van der Waals surface area contributed by atoms with E-state index >= 15 is 0 Å². The van der Waals surface area contributed by atoms with Crippen LogP contribution >= 0.6 is 15.9 Å². The van der Waals surface area contributed by atoms with E-state index in [1.54, 1.807) is 0 Å². The van der Waals surface area contributed by atoms with Crippen LogP contribution in [0.15, 0.2) is 16.6 Å². The Balaban J connectivity index is 3.24. The zero-order chi connectivity index (χ0) is 10.9. The summed E-state index contributed by atoms with van der Waals surface area (Å²) in [7, 11) is 0. The molecule has 0 aliphatic heterocycles. The number of carbonyl (C=O) groups is 1. The molecule has 4 nitrogen and oxygen atoms in total. The van der Waals surface area contributed by atoms with Crippen LogP contribution in [0.2, 0.25) is 0 Å². The second kappa shape index (κ2) is 3.93. The Morgan fingerprint density at radius 2 is 2.14 bits per heavy atom. The van der Waals surface area contributed by atoms with Crippen LogP contribution in [-0.2, 0) is 4.79 Å². The van der Waals surface area contributed by atoms with Crippen LogP contribution in [0.4, 0.5) is 4.39 Å². The molecule has 1 rings (SSSR count). The summed E-state index contributed by atoms with van der Waals surface area (Å²) in [6, 6.07) is 1.10. The maximum atomic E-state index is 13.1. The van der Waals surface area contributed by atoms with Gasteiger partial charge in [-0.05, 0) is 22.0 Å². The summed E-state index contributed by atoms with van der Waals surface area (Å²) in [6.07, 6.45) is 0. The molecule has 6 heteroatoms. The minimum absolute atomic E-state index is 0.0522. The zero-order valence-electron chi connectivity index (χ0n) is 6.87. The van der Waals surface area contributed by atoms with E-state index in [-0.39, 0.29) is 10.0 Å². The van der Waals surface area contributed by atoms with Crippen LogP contribution < -0.4 is 5.73 Å². The van der Waals surface area contributed by atoms with Gasteiger partial charge in [-0.1, -0.05) is 6.07 Å². The number of phenolic OH excluding ortho intramolecular Hbond substituents is 1. The molecule has 1 aromatic rings. The second-order valence-electron chi connectivity index (χ2n) is 2.62. The Labute approximate surface area is 87.3 Å². The Hall–Kier alpha value is -1.14. The Morgan fingerprint density at radius 3 is 2.64 bits per heavy atom. The van der Waals surface area contributed by atoms with Crippen LogP contribution in [0, 0.1) is 5.82 Å². The molecular weight excluding hydrogens is 257 g/mol. The monoisotopic (exact) mass is 263 g/mol. The fraction of sp³-hybridized carbons (Fsp3) is 0.125. The van der Waals surface area contributed by atoms with E-state index in [2.05, 4.69) is 15.9 Å². The van der Waals surface area contributed by atoms with E-state index in [1.165, 1.54) is 12.1 Å². The molecule has 1 aromatic carbocycles. The van der Waals surface area contributed by atoms with Gasteiger partial charge in [0.1, 0.15) is 6.04 Å². The molecule has 0 radical (unpaired) electrons. The molecule has 0 bridgehead atoms. The molecule has 0 saturated heterocycles. The minimum Gasteiger partial charge on any atom is -0.505 e. The summed E-state index contributed by atoms with van der Waals surface area (Å²) in [6.45, 7) is 0. The standard InChI is InChI=1S/C8H7BrFNO3/c9-4-2-1-3(6(11)8(13)14)7(12)5(4)10/h1-2,6,12H,11H2,(H,13,14). The first-order valence-electron chi connectivity index (χ1n) is 3.60. The summed E-state index contributed by atoms with van der Waals surface area (Å²) < 4.78 is 13.1. The first-order valence-corrected chi connectivity index (χ1v) is 4.39. The van der Waals surface area contributed by atoms with Crippen molar-refractivity contribution in [3.63, 3.8) is 0 Å². The third-order valence-corrected chi connectivity index (χ3v) is 2.31. The largest absolute Gasteiger partial charge is 0.505 e. The Morgan fingerprint density at radius 1 is 1.57 bits per heavy atom. The second-order valence-corrected chi connectivity index (χ2v) is 3.47. The molecule has 0 amide bonds. The predicted molar refractivity (Wildman–Crippen MR) is 50.3 cm³/mol. The first kappa shape index (κ1) is 10.9. The van der Waals surface area contributed by atoms with Crippen molar-refractivity contribution in [1.29, 1.82) is 0 Å². The maximum Gasteiger partial charge on any atom is 0.325 e. The van der Waals surface area contributed by atoms with Crippen LogP contribution in [0.5, 0.6) is 5.75 Å². The maximum absolute atomic E-state index is 13.1. The van der Waals surface area contributed by atoms with Gasteiger partial charge in [0, 0.05) is 5.56 Å². The molecule has 1 atom stereocenters.